The van der Waals surface area contributed by atoms with Crippen molar-refractivity contribution in [1.82, 2.24) is 0 Å². The molecule has 2 aromatic carbocycles. The first kappa shape index (κ1) is 15.7. The van der Waals surface area contributed by atoms with E-state index < -0.39 is 11.7 Å². The summed E-state index contributed by atoms with van der Waals surface area (Å²) in [7, 11) is 0. The number of hydrogen-bond acceptors (Lipinski definition) is 2. The monoisotopic (exact) mass is 374 g/mol. The fourth-order valence-corrected chi connectivity index (χ4v) is 2.45. The zero-order valence-corrected chi connectivity index (χ0v) is 12.6. The lowest BCUT2D eigenvalue weighted by Gasteiger charge is -2.12. The van der Waals surface area contributed by atoms with Gasteiger partial charge in [0.25, 0.3) is 0 Å². The van der Waals surface area contributed by atoms with Crippen molar-refractivity contribution in [1.29, 1.82) is 5.26 Å². The van der Waals surface area contributed by atoms with Crippen molar-refractivity contribution < 1.29 is 13.2 Å². The lowest BCUT2D eigenvalue weighted by Crippen LogP contribution is -2.05. The molecule has 0 atom stereocenters. The Kier molecular flexibility index (Phi) is 4.45. The highest BCUT2D eigenvalue weighted by Gasteiger charge is 2.31. The van der Waals surface area contributed by atoms with E-state index in [-0.39, 0.29) is 10.7 Å². The summed E-state index contributed by atoms with van der Waals surface area (Å²) in [4.78, 5) is 0. The average Bonchev–Trinajstić information content (AvgIpc) is 2.36. The van der Waals surface area contributed by atoms with Gasteiger partial charge in [0, 0.05) is 20.9 Å². The van der Waals surface area contributed by atoms with Crippen LogP contribution in [-0.2, 0) is 6.18 Å². The first-order chi connectivity index (χ1) is 9.77. The molecular formula is C14H7BrClF3N2. The Labute approximate surface area is 132 Å². The predicted molar refractivity (Wildman–Crippen MR) is 78.6 cm³/mol. The van der Waals surface area contributed by atoms with Gasteiger partial charge < -0.3 is 5.32 Å². The molecule has 0 saturated carbocycles. The molecule has 21 heavy (non-hydrogen) atoms. The van der Waals surface area contributed by atoms with Gasteiger partial charge in [0.15, 0.2) is 0 Å². The van der Waals surface area contributed by atoms with Crippen molar-refractivity contribution in [2.24, 2.45) is 0 Å². The highest BCUT2D eigenvalue weighted by molar-refractivity contribution is 9.10. The van der Waals surface area contributed by atoms with Gasteiger partial charge in [-0.15, -0.1) is 0 Å². The van der Waals surface area contributed by atoms with E-state index in [4.69, 9.17) is 16.9 Å². The van der Waals surface area contributed by atoms with Crippen LogP contribution in [0.15, 0.2) is 40.9 Å². The predicted octanol–water partition coefficient (Wildman–Crippen LogP) is 5.74. The number of rotatable bonds is 2. The molecule has 0 saturated heterocycles. The number of nitrogens with one attached hydrogen (secondary N) is 1. The van der Waals surface area contributed by atoms with Crippen LogP contribution in [0, 0.1) is 11.3 Å². The third-order valence-electron chi connectivity index (χ3n) is 2.54. The summed E-state index contributed by atoms with van der Waals surface area (Å²) in [5, 5.41) is 11.7. The van der Waals surface area contributed by atoms with Gasteiger partial charge in [-0.1, -0.05) is 27.5 Å². The molecule has 2 rings (SSSR count). The van der Waals surface area contributed by atoms with Crippen LogP contribution in [0.2, 0.25) is 5.02 Å². The molecule has 2 aromatic rings. The van der Waals surface area contributed by atoms with Gasteiger partial charge in [0.1, 0.15) is 0 Å². The fourth-order valence-electron chi connectivity index (χ4n) is 1.72. The Hall–Kier alpha value is -1.71. The first-order valence-electron chi connectivity index (χ1n) is 5.63. The standard InChI is InChI=1S/C14H7BrClF3N2/c15-10-1-8(7-20)2-12(5-10)21-13-4-9(14(17,18)19)3-11(16)6-13/h1-6,21H. The van der Waals surface area contributed by atoms with Crippen LogP contribution in [0.3, 0.4) is 0 Å². The molecule has 0 unspecified atom stereocenters. The summed E-state index contributed by atoms with van der Waals surface area (Å²) in [6, 6.07) is 9.93. The minimum atomic E-state index is -4.48. The number of nitriles is 1. The third-order valence-corrected chi connectivity index (χ3v) is 3.22. The second kappa shape index (κ2) is 5.96. The molecule has 7 heteroatoms. The molecule has 0 heterocycles. The van der Waals surface area contributed by atoms with Crippen LogP contribution in [0.5, 0.6) is 0 Å². The second-order valence-corrected chi connectivity index (χ2v) is 5.54. The quantitative estimate of drug-likeness (QED) is 0.727. The van der Waals surface area contributed by atoms with E-state index >= 15 is 0 Å². The molecule has 0 bridgehead atoms. The highest BCUT2D eigenvalue weighted by atomic mass is 79.9. The van der Waals surface area contributed by atoms with Crippen LogP contribution < -0.4 is 5.32 Å². The lowest BCUT2D eigenvalue weighted by atomic mass is 10.1. The third kappa shape index (κ3) is 4.13. The maximum absolute atomic E-state index is 12.7. The Morgan fingerprint density at radius 3 is 2.33 bits per heavy atom. The summed E-state index contributed by atoms with van der Waals surface area (Å²) >= 11 is 8.94. The molecular weight excluding hydrogens is 369 g/mol. The Morgan fingerprint density at radius 1 is 1.05 bits per heavy atom. The summed E-state index contributed by atoms with van der Waals surface area (Å²) in [6.45, 7) is 0. The SMILES string of the molecule is N#Cc1cc(Br)cc(Nc2cc(Cl)cc(C(F)(F)F)c2)c1. The van der Waals surface area contributed by atoms with Gasteiger partial charge in [0.2, 0.25) is 0 Å². The van der Waals surface area contributed by atoms with Crippen molar-refractivity contribution >= 4 is 38.9 Å². The van der Waals surface area contributed by atoms with Crippen LogP contribution in [-0.4, -0.2) is 0 Å². The minimum Gasteiger partial charge on any atom is -0.355 e. The zero-order valence-electron chi connectivity index (χ0n) is 10.3. The lowest BCUT2D eigenvalue weighted by molar-refractivity contribution is -0.137. The van der Waals surface area contributed by atoms with Gasteiger partial charge in [0.05, 0.1) is 17.2 Å². The molecule has 1 N–H and O–H groups in total. The fraction of sp³-hybridized carbons (Fsp3) is 0.0714. The summed E-state index contributed by atoms with van der Waals surface area (Å²) < 4.78 is 38.8. The van der Waals surface area contributed by atoms with Crippen molar-refractivity contribution in [3.63, 3.8) is 0 Å². The second-order valence-electron chi connectivity index (χ2n) is 4.19. The topological polar surface area (TPSA) is 35.8 Å². The van der Waals surface area contributed by atoms with Gasteiger partial charge in [-0.2, -0.15) is 18.4 Å². The normalized spacial score (nSPS) is 11.0. The number of benzene rings is 2. The molecule has 0 spiro atoms. The smallest absolute Gasteiger partial charge is 0.355 e. The van der Waals surface area contributed by atoms with Crippen molar-refractivity contribution in [2.45, 2.75) is 6.18 Å². The van der Waals surface area contributed by atoms with E-state index in [0.29, 0.717) is 15.7 Å². The minimum absolute atomic E-state index is 0.0252. The molecule has 0 aliphatic rings. The van der Waals surface area contributed by atoms with E-state index in [1.54, 1.807) is 12.1 Å². The molecule has 108 valence electrons. The molecule has 2 nitrogen and oxygen atoms in total. The summed E-state index contributed by atoms with van der Waals surface area (Å²) in [5.74, 6) is 0. The van der Waals surface area contributed by atoms with E-state index in [1.165, 1.54) is 12.1 Å². The molecule has 0 amide bonds. The highest BCUT2D eigenvalue weighted by Crippen LogP contribution is 2.34. The van der Waals surface area contributed by atoms with Crippen LogP contribution in [0.1, 0.15) is 11.1 Å². The number of halogens is 5. The summed E-state index contributed by atoms with van der Waals surface area (Å²) in [5.41, 5.74) is 0.214. The van der Waals surface area contributed by atoms with Gasteiger partial charge in [-0.05, 0) is 36.4 Å². The molecule has 0 fully saturated rings. The largest absolute Gasteiger partial charge is 0.416 e. The van der Waals surface area contributed by atoms with E-state index in [0.717, 1.165) is 12.1 Å². The Morgan fingerprint density at radius 2 is 1.71 bits per heavy atom. The maximum atomic E-state index is 12.7. The van der Waals surface area contributed by atoms with E-state index in [9.17, 15) is 13.2 Å². The number of anilines is 2. The van der Waals surface area contributed by atoms with Crippen LogP contribution >= 0.6 is 27.5 Å². The van der Waals surface area contributed by atoms with Gasteiger partial charge in [-0.3, -0.25) is 0 Å². The number of hydrogen-bond donors (Lipinski definition) is 1. The summed E-state index contributed by atoms with van der Waals surface area (Å²) in [6.07, 6.45) is -4.48. The molecule has 0 aliphatic heterocycles. The van der Waals surface area contributed by atoms with Crippen LogP contribution in [0.25, 0.3) is 0 Å². The molecule has 0 aromatic heterocycles. The maximum Gasteiger partial charge on any atom is 0.416 e. The van der Waals surface area contributed by atoms with Crippen LogP contribution in [0.4, 0.5) is 24.5 Å². The zero-order chi connectivity index (χ0) is 15.6. The van der Waals surface area contributed by atoms with E-state index in [2.05, 4.69) is 21.2 Å². The Balaban J connectivity index is 2.38. The van der Waals surface area contributed by atoms with Crippen molar-refractivity contribution in [3.8, 4) is 6.07 Å². The first-order valence-corrected chi connectivity index (χ1v) is 6.80. The molecule has 0 radical (unpaired) electrons. The Bertz CT molecular complexity index is 723. The van der Waals surface area contributed by atoms with Crippen molar-refractivity contribution in [3.05, 3.63) is 57.0 Å². The molecule has 0 aliphatic carbocycles. The van der Waals surface area contributed by atoms with Gasteiger partial charge >= 0.3 is 6.18 Å². The average molecular weight is 376 g/mol. The van der Waals surface area contributed by atoms with E-state index in [1.807, 2.05) is 6.07 Å². The number of alkyl halides is 3. The van der Waals surface area contributed by atoms with Gasteiger partial charge in [-0.25, -0.2) is 0 Å². The number of nitrogens with zero attached hydrogens (tertiary/aromatic N) is 1. The van der Waals surface area contributed by atoms with Crippen molar-refractivity contribution in [2.75, 3.05) is 5.32 Å².